The summed E-state index contributed by atoms with van der Waals surface area (Å²) in [5, 5.41) is 3.45. The molecular formula is C21H33N3O3. The Morgan fingerprint density at radius 1 is 1.11 bits per heavy atom. The van der Waals surface area contributed by atoms with E-state index in [4.69, 9.17) is 14.2 Å². The number of guanidine groups is 1. The van der Waals surface area contributed by atoms with Gasteiger partial charge in [-0.25, -0.2) is 0 Å². The van der Waals surface area contributed by atoms with Gasteiger partial charge in [0.2, 0.25) is 0 Å². The highest BCUT2D eigenvalue weighted by Crippen LogP contribution is 2.15. The molecule has 0 bridgehead atoms. The minimum atomic E-state index is 0.337. The summed E-state index contributed by atoms with van der Waals surface area (Å²) in [6.07, 6.45) is 3.48. The highest BCUT2D eigenvalue weighted by atomic mass is 16.5. The first-order valence-corrected chi connectivity index (χ1v) is 10.0. The van der Waals surface area contributed by atoms with Crippen molar-refractivity contribution < 1.29 is 14.2 Å². The Morgan fingerprint density at radius 2 is 1.81 bits per heavy atom. The molecule has 0 aromatic heterocycles. The molecule has 6 heteroatoms. The van der Waals surface area contributed by atoms with Crippen LogP contribution in [0.15, 0.2) is 29.3 Å². The zero-order valence-electron chi connectivity index (χ0n) is 16.7. The molecule has 0 radical (unpaired) electrons. The fourth-order valence-corrected chi connectivity index (χ4v) is 3.58. The molecule has 1 unspecified atom stereocenters. The minimum absolute atomic E-state index is 0.337. The van der Waals surface area contributed by atoms with E-state index in [2.05, 4.69) is 46.5 Å². The molecule has 2 fully saturated rings. The maximum Gasteiger partial charge on any atom is 0.193 e. The van der Waals surface area contributed by atoms with Gasteiger partial charge in [0.1, 0.15) is 0 Å². The van der Waals surface area contributed by atoms with Gasteiger partial charge in [-0.1, -0.05) is 24.3 Å². The lowest BCUT2D eigenvalue weighted by molar-refractivity contribution is -0.0390. The van der Waals surface area contributed by atoms with Crippen molar-refractivity contribution in [2.45, 2.75) is 38.5 Å². The fraction of sp³-hybridized carbons (Fsp3) is 0.667. The second-order valence-electron chi connectivity index (χ2n) is 7.45. The second kappa shape index (κ2) is 10.6. The van der Waals surface area contributed by atoms with E-state index in [1.165, 1.54) is 11.1 Å². The Labute approximate surface area is 162 Å². The van der Waals surface area contributed by atoms with Crippen LogP contribution in [0.4, 0.5) is 0 Å². The molecule has 0 saturated carbocycles. The summed E-state index contributed by atoms with van der Waals surface area (Å²) in [5.74, 6) is 1.53. The van der Waals surface area contributed by atoms with Gasteiger partial charge in [-0.05, 0) is 30.4 Å². The van der Waals surface area contributed by atoms with E-state index < -0.39 is 0 Å². The highest BCUT2D eigenvalue weighted by Gasteiger charge is 2.19. The van der Waals surface area contributed by atoms with E-state index in [9.17, 15) is 0 Å². The van der Waals surface area contributed by atoms with Gasteiger partial charge in [-0.3, -0.25) is 4.99 Å². The number of benzene rings is 1. The molecule has 2 aliphatic heterocycles. The van der Waals surface area contributed by atoms with Crippen molar-refractivity contribution in [2.24, 2.45) is 10.9 Å². The average Bonchev–Trinajstić information content (AvgIpc) is 3.21. The molecular weight excluding hydrogens is 342 g/mol. The van der Waals surface area contributed by atoms with Gasteiger partial charge in [0, 0.05) is 52.9 Å². The highest BCUT2D eigenvalue weighted by molar-refractivity contribution is 5.79. The van der Waals surface area contributed by atoms with Crippen molar-refractivity contribution in [3.05, 3.63) is 35.4 Å². The Morgan fingerprint density at radius 3 is 2.48 bits per heavy atom. The predicted molar refractivity (Wildman–Crippen MR) is 107 cm³/mol. The monoisotopic (exact) mass is 375 g/mol. The number of rotatable bonds is 7. The molecule has 1 aromatic carbocycles. The lowest BCUT2D eigenvalue weighted by atomic mass is 10.1. The van der Waals surface area contributed by atoms with Gasteiger partial charge >= 0.3 is 0 Å². The van der Waals surface area contributed by atoms with Crippen LogP contribution in [0.3, 0.4) is 0 Å². The topological polar surface area (TPSA) is 55.3 Å². The van der Waals surface area contributed by atoms with Crippen LogP contribution < -0.4 is 5.32 Å². The molecule has 2 heterocycles. The quantitative estimate of drug-likeness (QED) is 0.586. The third-order valence-corrected chi connectivity index (χ3v) is 5.26. The third kappa shape index (κ3) is 6.48. The summed E-state index contributed by atoms with van der Waals surface area (Å²) in [6.45, 7) is 5.79. The van der Waals surface area contributed by atoms with Crippen LogP contribution in [-0.4, -0.2) is 64.0 Å². The van der Waals surface area contributed by atoms with Gasteiger partial charge in [0.25, 0.3) is 0 Å². The van der Waals surface area contributed by atoms with Crippen molar-refractivity contribution in [3.63, 3.8) is 0 Å². The van der Waals surface area contributed by atoms with Gasteiger partial charge in [-0.2, -0.15) is 0 Å². The van der Waals surface area contributed by atoms with Crippen LogP contribution >= 0.6 is 0 Å². The van der Waals surface area contributed by atoms with E-state index in [1.54, 1.807) is 0 Å². The number of hydrogen-bond donors (Lipinski definition) is 1. The maximum atomic E-state index is 5.99. The van der Waals surface area contributed by atoms with E-state index in [0.29, 0.717) is 18.6 Å². The summed E-state index contributed by atoms with van der Waals surface area (Å²) in [5.41, 5.74) is 2.46. The van der Waals surface area contributed by atoms with Crippen LogP contribution in [-0.2, 0) is 27.4 Å². The second-order valence-corrected chi connectivity index (χ2v) is 7.45. The number of aliphatic imine (C=N–C) groups is 1. The van der Waals surface area contributed by atoms with Gasteiger partial charge < -0.3 is 24.4 Å². The summed E-state index contributed by atoms with van der Waals surface area (Å²) < 4.78 is 16.8. The first-order valence-electron chi connectivity index (χ1n) is 10.0. The van der Waals surface area contributed by atoms with Crippen molar-refractivity contribution in [1.82, 2.24) is 10.2 Å². The summed E-state index contributed by atoms with van der Waals surface area (Å²) >= 11 is 0. The third-order valence-electron chi connectivity index (χ3n) is 5.26. The Hall–Kier alpha value is -1.63. The van der Waals surface area contributed by atoms with Crippen molar-refractivity contribution >= 4 is 5.96 Å². The van der Waals surface area contributed by atoms with E-state index >= 15 is 0 Å². The van der Waals surface area contributed by atoms with Crippen molar-refractivity contribution in [3.8, 4) is 0 Å². The average molecular weight is 376 g/mol. The van der Waals surface area contributed by atoms with Crippen molar-refractivity contribution in [1.29, 1.82) is 0 Å². The van der Waals surface area contributed by atoms with Crippen LogP contribution in [0.1, 0.15) is 30.4 Å². The first-order chi connectivity index (χ1) is 13.2. The SMILES string of the molecule is CN=C(NCc1ccc(COC2CCOCC2)cc1)N(C)CC1CCOC1. The molecule has 1 N–H and O–H groups in total. The number of hydrogen-bond acceptors (Lipinski definition) is 4. The molecule has 2 saturated heterocycles. The van der Waals surface area contributed by atoms with E-state index in [0.717, 1.165) is 64.7 Å². The summed E-state index contributed by atoms with van der Waals surface area (Å²) in [4.78, 5) is 6.59. The molecule has 0 amide bonds. The first kappa shape index (κ1) is 20.1. The fourth-order valence-electron chi connectivity index (χ4n) is 3.58. The summed E-state index contributed by atoms with van der Waals surface area (Å²) in [6, 6.07) is 8.62. The predicted octanol–water partition coefficient (Wildman–Crippen LogP) is 2.43. The van der Waals surface area contributed by atoms with Crippen molar-refractivity contribution in [2.75, 3.05) is 47.1 Å². The molecule has 0 spiro atoms. The molecule has 1 atom stereocenters. The van der Waals surface area contributed by atoms with Gasteiger partial charge in [-0.15, -0.1) is 0 Å². The van der Waals surface area contributed by atoms with Crippen LogP contribution in [0, 0.1) is 5.92 Å². The number of nitrogens with zero attached hydrogens (tertiary/aromatic N) is 2. The lowest BCUT2D eigenvalue weighted by Gasteiger charge is -2.24. The molecule has 27 heavy (non-hydrogen) atoms. The largest absolute Gasteiger partial charge is 0.381 e. The Bertz CT molecular complexity index is 579. The molecule has 2 aliphatic rings. The number of nitrogens with one attached hydrogen (secondary N) is 1. The zero-order chi connectivity index (χ0) is 18.9. The van der Waals surface area contributed by atoms with Gasteiger partial charge in [0.05, 0.1) is 19.3 Å². The zero-order valence-corrected chi connectivity index (χ0v) is 16.7. The van der Waals surface area contributed by atoms with E-state index in [1.807, 2.05) is 7.05 Å². The Kier molecular flexibility index (Phi) is 7.93. The number of ether oxygens (including phenoxy) is 3. The van der Waals surface area contributed by atoms with Gasteiger partial charge in [0.15, 0.2) is 5.96 Å². The molecule has 6 nitrogen and oxygen atoms in total. The lowest BCUT2D eigenvalue weighted by Crippen LogP contribution is -2.41. The van der Waals surface area contributed by atoms with Crippen LogP contribution in [0.25, 0.3) is 0 Å². The Balaban J connectivity index is 1.41. The molecule has 150 valence electrons. The summed E-state index contributed by atoms with van der Waals surface area (Å²) in [7, 11) is 3.92. The smallest absolute Gasteiger partial charge is 0.193 e. The van der Waals surface area contributed by atoms with Crippen LogP contribution in [0.2, 0.25) is 0 Å². The molecule has 3 rings (SSSR count). The molecule has 1 aromatic rings. The maximum absolute atomic E-state index is 5.99. The standard InChI is InChI=1S/C21H33N3O3/c1-22-21(24(2)14-19-7-10-26-15-19)23-13-17-3-5-18(6-4-17)16-27-20-8-11-25-12-9-20/h3-6,19-20H,7-16H2,1-2H3,(H,22,23). The van der Waals surface area contributed by atoms with Crippen LogP contribution in [0.5, 0.6) is 0 Å². The molecule has 0 aliphatic carbocycles. The normalized spacial score (nSPS) is 21.4. The minimum Gasteiger partial charge on any atom is -0.381 e. The van der Waals surface area contributed by atoms with E-state index in [-0.39, 0.29) is 0 Å².